The molecule has 1 aromatic carbocycles. The smallest absolute Gasteiger partial charge is 0.345 e. The molecule has 0 unspecified atom stereocenters. The number of benzene rings is 1. The van der Waals surface area contributed by atoms with Gasteiger partial charge in [0.15, 0.2) is 5.82 Å². The Labute approximate surface area is 185 Å². The van der Waals surface area contributed by atoms with E-state index in [2.05, 4.69) is 25.4 Å². The third kappa shape index (κ3) is 5.22. The molecule has 33 heavy (non-hydrogen) atoms. The summed E-state index contributed by atoms with van der Waals surface area (Å²) in [6.45, 7) is -0.420. The Morgan fingerprint density at radius 2 is 1.67 bits per heavy atom. The standard InChI is InChI=1S/C16H9ClF6N6O3S/c17-10-1-8(2-11(3-10)33(31,32)16(21,22)23)13(30)24-6-12-27-7-28-29(12)14-25-4-9(5-26-14)15(18,19)20/h1-5,7H,6H2,(H,24,30). The number of sulfone groups is 1. The molecule has 0 saturated heterocycles. The van der Waals surface area contributed by atoms with Crippen molar-refractivity contribution in [2.45, 2.75) is 23.1 Å². The molecule has 1 amide bonds. The van der Waals surface area contributed by atoms with Crippen molar-refractivity contribution in [3.63, 3.8) is 0 Å². The summed E-state index contributed by atoms with van der Waals surface area (Å²) in [5.41, 5.74) is -7.21. The van der Waals surface area contributed by atoms with E-state index in [1.54, 1.807) is 0 Å². The lowest BCUT2D eigenvalue weighted by atomic mass is 10.2. The van der Waals surface area contributed by atoms with Crippen molar-refractivity contribution in [1.29, 1.82) is 0 Å². The van der Waals surface area contributed by atoms with Crippen molar-refractivity contribution >= 4 is 27.3 Å². The lowest BCUT2D eigenvalue weighted by Crippen LogP contribution is -2.26. The topological polar surface area (TPSA) is 120 Å². The van der Waals surface area contributed by atoms with Crippen LogP contribution in [0.1, 0.15) is 21.7 Å². The fraction of sp³-hybridized carbons (Fsp3) is 0.188. The summed E-state index contributed by atoms with van der Waals surface area (Å²) < 4.78 is 100. The average molecular weight is 515 g/mol. The van der Waals surface area contributed by atoms with Crippen molar-refractivity contribution in [3.05, 3.63) is 58.9 Å². The van der Waals surface area contributed by atoms with Crippen LogP contribution < -0.4 is 5.32 Å². The SMILES string of the molecule is O=C(NCc1ncnn1-c1ncc(C(F)(F)F)cn1)c1cc(Cl)cc(S(=O)(=O)C(F)(F)F)c1. The van der Waals surface area contributed by atoms with Gasteiger partial charge in [0, 0.05) is 23.0 Å². The quantitative estimate of drug-likeness (QED) is 0.520. The van der Waals surface area contributed by atoms with Crippen LogP contribution >= 0.6 is 11.6 Å². The number of hydrogen-bond acceptors (Lipinski definition) is 7. The normalized spacial score (nSPS) is 12.6. The van der Waals surface area contributed by atoms with Crippen LogP contribution in [-0.2, 0) is 22.6 Å². The molecule has 3 aromatic rings. The second-order valence-electron chi connectivity index (χ2n) is 6.17. The number of nitrogens with zero attached hydrogens (tertiary/aromatic N) is 5. The number of rotatable bonds is 5. The molecule has 0 aliphatic heterocycles. The van der Waals surface area contributed by atoms with Crippen LogP contribution in [0.15, 0.2) is 41.8 Å². The summed E-state index contributed by atoms with van der Waals surface area (Å²) in [7, 11) is -5.76. The van der Waals surface area contributed by atoms with Crippen LogP contribution in [0, 0.1) is 0 Å². The van der Waals surface area contributed by atoms with Crippen molar-refractivity contribution in [3.8, 4) is 5.95 Å². The third-order valence-corrected chi connectivity index (χ3v) is 5.61. The Morgan fingerprint density at radius 1 is 1.03 bits per heavy atom. The monoisotopic (exact) mass is 514 g/mol. The number of amides is 1. The largest absolute Gasteiger partial charge is 0.501 e. The Balaban J connectivity index is 1.80. The Kier molecular flexibility index (Phi) is 6.34. The first-order valence-electron chi connectivity index (χ1n) is 8.39. The van der Waals surface area contributed by atoms with Crippen LogP contribution in [0.25, 0.3) is 5.95 Å². The van der Waals surface area contributed by atoms with E-state index >= 15 is 0 Å². The van der Waals surface area contributed by atoms with E-state index in [0.29, 0.717) is 24.5 Å². The molecule has 0 bridgehead atoms. The van der Waals surface area contributed by atoms with Gasteiger partial charge in [0.25, 0.3) is 21.7 Å². The first kappa shape index (κ1) is 24.4. The molecular formula is C16H9ClF6N6O3S. The second-order valence-corrected chi connectivity index (χ2v) is 8.54. The predicted octanol–water partition coefficient (Wildman–Crippen LogP) is 2.95. The molecule has 0 aliphatic carbocycles. The predicted molar refractivity (Wildman–Crippen MR) is 97.8 cm³/mol. The minimum Gasteiger partial charge on any atom is -0.345 e. The molecule has 1 N–H and O–H groups in total. The van der Waals surface area contributed by atoms with Gasteiger partial charge < -0.3 is 5.32 Å². The van der Waals surface area contributed by atoms with Crippen molar-refractivity contribution in [2.24, 2.45) is 0 Å². The zero-order valence-corrected chi connectivity index (χ0v) is 17.3. The molecular weight excluding hydrogens is 506 g/mol. The van der Waals surface area contributed by atoms with E-state index in [1.807, 2.05) is 0 Å². The third-order valence-electron chi connectivity index (χ3n) is 3.93. The first-order valence-corrected chi connectivity index (χ1v) is 10.2. The fourth-order valence-electron chi connectivity index (χ4n) is 2.37. The maximum absolute atomic E-state index is 12.8. The van der Waals surface area contributed by atoms with Gasteiger partial charge in [0.2, 0.25) is 0 Å². The molecule has 2 aromatic heterocycles. The number of hydrogen-bond donors (Lipinski definition) is 1. The molecule has 0 radical (unpaired) electrons. The highest BCUT2D eigenvalue weighted by molar-refractivity contribution is 7.92. The lowest BCUT2D eigenvalue weighted by Gasteiger charge is -2.11. The molecule has 0 fully saturated rings. The van der Waals surface area contributed by atoms with Crippen molar-refractivity contribution < 1.29 is 39.6 Å². The van der Waals surface area contributed by atoms with Gasteiger partial charge in [0.05, 0.1) is 17.0 Å². The van der Waals surface area contributed by atoms with E-state index < -0.39 is 55.0 Å². The van der Waals surface area contributed by atoms with E-state index in [9.17, 15) is 39.6 Å². The summed E-state index contributed by atoms with van der Waals surface area (Å²) in [5, 5.41) is 5.56. The molecule has 9 nitrogen and oxygen atoms in total. The van der Waals surface area contributed by atoms with Crippen LogP contribution in [0.5, 0.6) is 0 Å². The molecule has 0 spiro atoms. The molecule has 0 saturated carbocycles. The van der Waals surface area contributed by atoms with Gasteiger partial charge in [-0.05, 0) is 18.2 Å². The maximum atomic E-state index is 12.8. The first-order chi connectivity index (χ1) is 15.2. The highest BCUT2D eigenvalue weighted by Gasteiger charge is 2.47. The zero-order chi connectivity index (χ0) is 24.6. The summed E-state index contributed by atoms with van der Waals surface area (Å²) in [4.78, 5) is 22.0. The Hall–Kier alpha value is -3.27. The Bertz CT molecular complexity index is 1290. The Morgan fingerprint density at radius 3 is 2.24 bits per heavy atom. The van der Waals surface area contributed by atoms with Gasteiger partial charge in [-0.3, -0.25) is 4.79 Å². The summed E-state index contributed by atoms with van der Waals surface area (Å²) in [6.07, 6.45) is -2.63. The van der Waals surface area contributed by atoms with Crippen LogP contribution in [0.4, 0.5) is 26.3 Å². The number of halogens is 7. The molecule has 176 valence electrons. The fourth-order valence-corrected chi connectivity index (χ4v) is 3.51. The van der Waals surface area contributed by atoms with E-state index in [1.165, 1.54) is 0 Å². The van der Waals surface area contributed by atoms with Crippen molar-refractivity contribution in [2.75, 3.05) is 0 Å². The molecule has 2 heterocycles. The maximum Gasteiger partial charge on any atom is 0.501 e. The van der Waals surface area contributed by atoms with Gasteiger partial charge in [-0.15, -0.1) is 0 Å². The number of alkyl halides is 6. The lowest BCUT2D eigenvalue weighted by molar-refractivity contribution is -0.138. The van der Waals surface area contributed by atoms with Crippen molar-refractivity contribution in [1.82, 2.24) is 30.0 Å². The second kappa shape index (κ2) is 8.58. The summed E-state index contributed by atoms with van der Waals surface area (Å²) >= 11 is 5.67. The number of carbonyl (C=O) groups is 1. The number of nitrogens with one attached hydrogen (secondary N) is 1. The van der Waals surface area contributed by atoms with Crippen LogP contribution in [-0.4, -0.2) is 44.6 Å². The zero-order valence-electron chi connectivity index (χ0n) is 15.7. The van der Waals surface area contributed by atoms with E-state index in [4.69, 9.17) is 11.6 Å². The average Bonchev–Trinajstić information content (AvgIpc) is 3.18. The van der Waals surface area contributed by atoms with E-state index in [0.717, 1.165) is 17.1 Å². The number of aromatic nitrogens is 5. The summed E-state index contributed by atoms with van der Waals surface area (Å²) in [6, 6.07) is 1.98. The molecule has 0 atom stereocenters. The number of carbonyl (C=O) groups excluding carboxylic acids is 1. The van der Waals surface area contributed by atoms with E-state index in [-0.39, 0.29) is 11.8 Å². The highest BCUT2D eigenvalue weighted by atomic mass is 35.5. The van der Waals surface area contributed by atoms with Crippen LogP contribution in [0.2, 0.25) is 5.02 Å². The van der Waals surface area contributed by atoms with Gasteiger partial charge in [-0.1, -0.05) is 11.6 Å². The van der Waals surface area contributed by atoms with Gasteiger partial charge in [-0.2, -0.15) is 36.1 Å². The molecule has 3 rings (SSSR count). The summed E-state index contributed by atoms with van der Waals surface area (Å²) in [5.74, 6) is -1.36. The van der Waals surface area contributed by atoms with Gasteiger partial charge in [-0.25, -0.2) is 23.4 Å². The van der Waals surface area contributed by atoms with Gasteiger partial charge in [0.1, 0.15) is 6.33 Å². The van der Waals surface area contributed by atoms with Gasteiger partial charge >= 0.3 is 11.7 Å². The van der Waals surface area contributed by atoms with Crippen LogP contribution in [0.3, 0.4) is 0 Å². The molecule has 17 heteroatoms. The highest BCUT2D eigenvalue weighted by Crippen LogP contribution is 2.32. The minimum atomic E-state index is -5.76. The molecule has 0 aliphatic rings. The minimum absolute atomic E-state index is 0.0479.